The molecule has 4 N–H and O–H groups in total. The van der Waals surface area contributed by atoms with Crippen LogP contribution in [0.15, 0.2) is 36.8 Å². The maximum atomic E-state index is 13.2. The van der Waals surface area contributed by atoms with Gasteiger partial charge in [-0.3, -0.25) is 4.79 Å². The first-order valence-electron chi connectivity index (χ1n) is 10.2. The molecular formula is C22H29N3O5. The summed E-state index contributed by atoms with van der Waals surface area (Å²) < 4.78 is 5.62. The fourth-order valence-corrected chi connectivity index (χ4v) is 3.39. The van der Waals surface area contributed by atoms with Crippen LogP contribution >= 0.6 is 0 Å². The number of benzene rings is 1. The number of hydrogen-bond donors (Lipinski definition) is 3. The Morgan fingerprint density at radius 2 is 1.90 bits per heavy atom. The Hall–Kier alpha value is -3.00. The molecule has 0 aliphatic heterocycles. The summed E-state index contributed by atoms with van der Waals surface area (Å²) in [4.78, 5) is 44.4. The van der Waals surface area contributed by atoms with Crippen LogP contribution in [0, 0.1) is 5.92 Å². The number of imidazole rings is 1. The van der Waals surface area contributed by atoms with Crippen LogP contribution in [0.25, 0.3) is 0 Å². The topological polar surface area (TPSA) is 135 Å². The number of aromatic amines is 1. The number of carbonyl (C=O) groups excluding carboxylic acids is 2. The SMILES string of the molecule is CCCCC(CC)C(OC(=O)c1ccccc1C(=O)O)C(=O)[C@@H](N)Cc1c[nH]cn1. The molecule has 0 spiro atoms. The number of ketones is 1. The van der Waals surface area contributed by atoms with Crippen molar-refractivity contribution in [2.24, 2.45) is 11.7 Å². The molecule has 0 saturated heterocycles. The first-order valence-corrected chi connectivity index (χ1v) is 10.2. The highest BCUT2D eigenvalue weighted by molar-refractivity contribution is 6.03. The van der Waals surface area contributed by atoms with E-state index >= 15 is 0 Å². The van der Waals surface area contributed by atoms with Gasteiger partial charge in [-0.2, -0.15) is 0 Å². The Labute approximate surface area is 175 Å². The van der Waals surface area contributed by atoms with Crippen molar-refractivity contribution in [1.82, 2.24) is 9.97 Å². The molecule has 1 aromatic carbocycles. The van der Waals surface area contributed by atoms with Gasteiger partial charge in [-0.15, -0.1) is 0 Å². The number of unbranched alkanes of at least 4 members (excludes halogenated alkanes) is 1. The third-order valence-electron chi connectivity index (χ3n) is 5.12. The number of Topliss-reactive ketones (excluding diaryl/α,β-unsaturated/α-hetero) is 1. The molecule has 1 heterocycles. The number of aromatic carboxylic acids is 1. The van der Waals surface area contributed by atoms with Crippen LogP contribution in [0.5, 0.6) is 0 Å². The van der Waals surface area contributed by atoms with Crippen LogP contribution < -0.4 is 5.73 Å². The van der Waals surface area contributed by atoms with Crippen molar-refractivity contribution < 1.29 is 24.2 Å². The number of nitrogens with two attached hydrogens (primary N) is 1. The van der Waals surface area contributed by atoms with Crippen molar-refractivity contribution in [3.8, 4) is 0 Å². The Bertz CT molecular complexity index is 850. The van der Waals surface area contributed by atoms with E-state index in [9.17, 15) is 19.5 Å². The lowest BCUT2D eigenvalue weighted by atomic mass is 9.87. The van der Waals surface area contributed by atoms with Crippen molar-refractivity contribution in [1.29, 1.82) is 0 Å². The minimum absolute atomic E-state index is 0.0889. The van der Waals surface area contributed by atoms with E-state index in [1.807, 2.05) is 13.8 Å². The fourth-order valence-electron chi connectivity index (χ4n) is 3.39. The van der Waals surface area contributed by atoms with Gasteiger partial charge >= 0.3 is 11.9 Å². The Morgan fingerprint density at radius 1 is 1.20 bits per heavy atom. The molecule has 1 aromatic heterocycles. The zero-order chi connectivity index (χ0) is 22.1. The number of nitrogens with one attached hydrogen (secondary N) is 1. The summed E-state index contributed by atoms with van der Waals surface area (Å²) in [6.07, 6.45) is 5.46. The Morgan fingerprint density at radius 3 is 2.47 bits per heavy atom. The lowest BCUT2D eigenvalue weighted by molar-refractivity contribution is -0.132. The first-order chi connectivity index (χ1) is 14.4. The summed E-state index contributed by atoms with van der Waals surface area (Å²) in [5.41, 5.74) is 6.51. The van der Waals surface area contributed by atoms with Crippen molar-refractivity contribution >= 4 is 17.7 Å². The highest BCUT2D eigenvalue weighted by Crippen LogP contribution is 2.24. The number of carboxylic acid groups (broad SMARTS) is 1. The summed E-state index contributed by atoms with van der Waals surface area (Å²) in [5.74, 6) is -2.67. The van der Waals surface area contributed by atoms with Crippen molar-refractivity contribution in [2.45, 2.75) is 58.1 Å². The minimum atomic E-state index is -1.24. The van der Waals surface area contributed by atoms with Crippen LogP contribution in [0.2, 0.25) is 0 Å². The van der Waals surface area contributed by atoms with E-state index in [-0.39, 0.29) is 29.2 Å². The average Bonchev–Trinajstić information content (AvgIpc) is 3.25. The van der Waals surface area contributed by atoms with Gasteiger partial charge in [0, 0.05) is 18.5 Å². The fraction of sp³-hybridized carbons (Fsp3) is 0.455. The maximum absolute atomic E-state index is 13.2. The molecule has 0 fully saturated rings. The standard InChI is InChI=1S/C22H29N3O5/c1-3-5-8-14(4-2)20(19(26)18(23)11-15-12-24-13-25-15)30-22(29)17-10-7-6-9-16(17)21(27)28/h6-7,9-10,12-14,18,20H,3-5,8,11,23H2,1-2H3,(H,24,25)(H,27,28)/t14?,18-,20?/m0/s1. The van der Waals surface area contributed by atoms with E-state index in [4.69, 9.17) is 10.5 Å². The molecule has 2 aromatic rings. The number of ether oxygens (including phenoxy) is 1. The van der Waals surface area contributed by atoms with Crippen LogP contribution in [0.3, 0.4) is 0 Å². The normalized spacial score (nSPS) is 14.0. The third-order valence-corrected chi connectivity index (χ3v) is 5.12. The predicted molar refractivity (Wildman–Crippen MR) is 111 cm³/mol. The first kappa shape index (κ1) is 23.3. The number of esters is 1. The zero-order valence-corrected chi connectivity index (χ0v) is 17.3. The number of hydrogen-bond acceptors (Lipinski definition) is 6. The molecule has 0 amide bonds. The molecule has 0 radical (unpaired) electrons. The van der Waals surface area contributed by atoms with E-state index < -0.39 is 24.1 Å². The molecule has 8 heteroatoms. The van der Waals surface area contributed by atoms with Crippen molar-refractivity contribution in [2.75, 3.05) is 0 Å². The van der Waals surface area contributed by atoms with Gasteiger partial charge in [-0.05, 0) is 25.0 Å². The molecule has 162 valence electrons. The number of aromatic nitrogens is 2. The number of nitrogens with zero attached hydrogens (tertiary/aromatic N) is 1. The molecule has 2 rings (SSSR count). The molecule has 2 unspecified atom stereocenters. The maximum Gasteiger partial charge on any atom is 0.339 e. The third kappa shape index (κ3) is 6.00. The zero-order valence-electron chi connectivity index (χ0n) is 17.3. The van der Waals surface area contributed by atoms with E-state index in [0.717, 1.165) is 12.8 Å². The van der Waals surface area contributed by atoms with Gasteiger partial charge in [0.25, 0.3) is 0 Å². The van der Waals surface area contributed by atoms with Gasteiger partial charge in [-0.1, -0.05) is 38.8 Å². The second kappa shape index (κ2) is 11.3. The molecule has 0 aliphatic carbocycles. The van der Waals surface area contributed by atoms with Crippen LogP contribution in [-0.4, -0.2) is 44.9 Å². The van der Waals surface area contributed by atoms with E-state index in [1.165, 1.54) is 24.5 Å². The molecule has 30 heavy (non-hydrogen) atoms. The molecule has 0 saturated carbocycles. The second-order valence-electron chi connectivity index (χ2n) is 7.26. The monoisotopic (exact) mass is 415 g/mol. The number of H-pyrrole nitrogens is 1. The van der Waals surface area contributed by atoms with Crippen molar-refractivity contribution in [3.63, 3.8) is 0 Å². The van der Waals surface area contributed by atoms with Gasteiger partial charge in [0.2, 0.25) is 0 Å². The average molecular weight is 415 g/mol. The minimum Gasteiger partial charge on any atom is -0.478 e. The molecule has 0 bridgehead atoms. The van der Waals surface area contributed by atoms with Gasteiger partial charge in [0.1, 0.15) is 0 Å². The van der Waals surface area contributed by atoms with E-state index in [2.05, 4.69) is 9.97 Å². The van der Waals surface area contributed by atoms with Gasteiger partial charge in [0.05, 0.1) is 29.2 Å². The molecule has 8 nitrogen and oxygen atoms in total. The number of carbonyl (C=O) groups is 3. The predicted octanol–water partition coefficient (Wildman–Crippen LogP) is 2.99. The lowest BCUT2D eigenvalue weighted by Gasteiger charge is -2.27. The van der Waals surface area contributed by atoms with Crippen LogP contribution in [-0.2, 0) is 16.0 Å². The van der Waals surface area contributed by atoms with E-state index in [1.54, 1.807) is 12.3 Å². The summed E-state index contributed by atoms with van der Waals surface area (Å²) in [6, 6.07) is 4.89. The second-order valence-corrected chi connectivity index (χ2v) is 7.26. The summed E-state index contributed by atoms with van der Waals surface area (Å²) in [7, 11) is 0. The van der Waals surface area contributed by atoms with Crippen molar-refractivity contribution in [3.05, 3.63) is 53.6 Å². The van der Waals surface area contributed by atoms with Crippen LogP contribution in [0.1, 0.15) is 65.9 Å². The Kier molecular flexibility index (Phi) is 8.73. The summed E-state index contributed by atoms with van der Waals surface area (Å²) in [6.45, 7) is 3.97. The highest BCUT2D eigenvalue weighted by Gasteiger charge is 2.35. The smallest absolute Gasteiger partial charge is 0.339 e. The largest absolute Gasteiger partial charge is 0.478 e. The Balaban J connectivity index is 2.27. The molecule has 3 atom stereocenters. The number of rotatable bonds is 12. The number of carboxylic acids is 1. The summed E-state index contributed by atoms with van der Waals surface area (Å²) in [5, 5.41) is 9.36. The quantitative estimate of drug-likeness (QED) is 0.453. The summed E-state index contributed by atoms with van der Waals surface area (Å²) >= 11 is 0. The van der Waals surface area contributed by atoms with Gasteiger partial charge in [0.15, 0.2) is 11.9 Å². The van der Waals surface area contributed by atoms with Gasteiger partial charge in [-0.25, -0.2) is 14.6 Å². The van der Waals surface area contributed by atoms with E-state index in [0.29, 0.717) is 18.5 Å². The molecule has 0 aliphatic rings. The lowest BCUT2D eigenvalue weighted by Crippen LogP contribution is -2.45. The molecular weight excluding hydrogens is 386 g/mol. The highest BCUT2D eigenvalue weighted by atomic mass is 16.5. The van der Waals surface area contributed by atoms with Crippen LogP contribution in [0.4, 0.5) is 0 Å². The van der Waals surface area contributed by atoms with Gasteiger partial charge < -0.3 is 20.6 Å².